The molecule has 3 aliphatic carbocycles. The second-order valence-corrected chi connectivity index (χ2v) is 12.7. The van der Waals surface area contributed by atoms with Crippen LogP contribution in [0.2, 0.25) is 0 Å². The van der Waals surface area contributed by atoms with E-state index in [9.17, 15) is 4.79 Å². The highest BCUT2D eigenvalue weighted by Gasteiger charge is 2.77. The van der Waals surface area contributed by atoms with Gasteiger partial charge in [-0.25, -0.2) is 4.98 Å². The normalized spacial score (nSPS) is 24.7. The number of fused-ring (bicyclic) bond motifs is 1. The lowest BCUT2D eigenvalue weighted by Gasteiger charge is -2.79. The molecule has 228 valence electrons. The number of hydrogen-bond donors (Lipinski definition) is 2. The number of amides is 1. The minimum Gasteiger partial charge on any atom is -0.460 e. The van der Waals surface area contributed by atoms with E-state index in [-0.39, 0.29) is 41.2 Å². The fourth-order valence-corrected chi connectivity index (χ4v) is 8.07. The second-order valence-electron chi connectivity index (χ2n) is 12.7. The minimum atomic E-state index is -0.122. The number of anilines is 1. The Bertz CT molecular complexity index is 1930. The predicted octanol–water partition coefficient (Wildman–Crippen LogP) is 4.22. The first-order valence-corrected chi connectivity index (χ1v) is 15.6. The van der Waals surface area contributed by atoms with Crippen LogP contribution in [-0.4, -0.2) is 78.0 Å². The molecule has 0 bridgehead atoms. The van der Waals surface area contributed by atoms with Crippen LogP contribution >= 0.6 is 0 Å². The average Bonchev–Trinajstić information content (AvgIpc) is 3.60. The average molecular weight is 604 g/mol. The van der Waals surface area contributed by atoms with Gasteiger partial charge in [-0.3, -0.25) is 14.9 Å². The highest BCUT2D eigenvalue weighted by molar-refractivity contribution is 5.92. The van der Waals surface area contributed by atoms with Gasteiger partial charge in [-0.1, -0.05) is 36.4 Å². The van der Waals surface area contributed by atoms with Gasteiger partial charge in [-0.2, -0.15) is 14.6 Å². The number of aromatic amines is 1. The molecule has 1 amide bonds. The van der Waals surface area contributed by atoms with E-state index in [2.05, 4.69) is 33.4 Å². The zero-order valence-corrected chi connectivity index (χ0v) is 24.9. The Kier molecular flexibility index (Phi) is 5.80. The Morgan fingerprint density at radius 1 is 1.04 bits per heavy atom. The third kappa shape index (κ3) is 3.81. The van der Waals surface area contributed by atoms with Gasteiger partial charge in [0, 0.05) is 59.0 Å². The number of piperidine rings is 2. The summed E-state index contributed by atoms with van der Waals surface area (Å²) in [5, 5.41) is 11.5. The molecule has 4 aliphatic rings. The molecule has 3 N–H and O–H groups in total. The molecule has 4 fully saturated rings. The van der Waals surface area contributed by atoms with Gasteiger partial charge >= 0.3 is 6.01 Å². The van der Waals surface area contributed by atoms with Gasteiger partial charge in [-0.05, 0) is 44.1 Å². The maximum atomic E-state index is 13.5. The molecule has 1 spiro atoms. The van der Waals surface area contributed by atoms with Gasteiger partial charge in [0.2, 0.25) is 5.82 Å². The molecule has 0 radical (unpaired) electrons. The minimum absolute atomic E-state index is 0.0357. The molecule has 4 atom stereocenters. The molecule has 9 rings (SSSR count). The monoisotopic (exact) mass is 603 g/mol. The molecule has 3 saturated carbocycles. The van der Waals surface area contributed by atoms with E-state index >= 15 is 0 Å². The first kappa shape index (κ1) is 26.6. The lowest BCUT2D eigenvalue weighted by atomic mass is 9.37. The molecular formula is C33H33N9O3. The highest BCUT2D eigenvalue weighted by Crippen LogP contribution is 2.74. The van der Waals surface area contributed by atoms with E-state index in [1.54, 1.807) is 11.6 Å². The van der Waals surface area contributed by atoms with Gasteiger partial charge in [0.15, 0.2) is 5.65 Å². The number of methoxy groups -OCH3 is 1. The largest absolute Gasteiger partial charge is 0.460 e. The molecular weight excluding hydrogens is 570 g/mol. The molecule has 4 unspecified atom stereocenters. The van der Waals surface area contributed by atoms with Gasteiger partial charge in [0.1, 0.15) is 12.4 Å². The van der Waals surface area contributed by atoms with Crippen LogP contribution in [-0.2, 0) is 4.74 Å². The van der Waals surface area contributed by atoms with Crippen molar-refractivity contribution >= 4 is 17.4 Å². The summed E-state index contributed by atoms with van der Waals surface area (Å²) in [5.74, 6) is 1.43. The van der Waals surface area contributed by atoms with E-state index in [1.165, 1.54) is 0 Å². The Labute approximate surface area is 259 Å². The number of aromatic nitrogens is 7. The molecule has 1 aliphatic heterocycles. The maximum absolute atomic E-state index is 13.5. The third-order valence-electron chi connectivity index (χ3n) is 10.5. The number of nitrogen functional groups attached to an aromatic ring is 1. The summed E-state index contributed by atoms with van der Waals surface area (Å²) >= 11 is 0. The van der Waals surface area contributed by atoms with Crippen molar-refractivity contribution in [3.8, 4) is 28.4 Å². The number of rotatable bonds is 9. The molecule has 5 heterocycles. The Morgan fingerprint density at radius 3 is 2.62 bits per heavy atom. The summed E-state index contributed by atoms with van der Waals surface area (Å²) < 4.78 is 12.3. The number of hydrogen-bond acceptors (Lipinski definition) is 9. The summed E-state index contributed by atoms with van der Waals surface area (Å²) in [6.07, 6.45) is 8.86. The van der Waals surface area contributed by atoms with Crippen molar-refractivity contribution in [2.45, 2.75) is 56.0 Å². The van der Waals surface area contributed by atoms with Crippen molar-refractivity contribution in [2.75, 3.05) is 26.1 Å². The summed E-state index contributed by atoms with van der Waals surface area (Å²) in [6.45, 7) is 0.739. The van der Waals surface area contributed by atoms with Crippen molar-refractivity contribution in [3.63, 3.8) is 0 Å². The van der Waals surface area contributed by atoms with E-state index in [1.807, 2.05) is 41.6 Å². The lowest BCUT2D eigenvalue weighted by molar-refractivity contribution is -0.256. The first-order chi connectivity index (χ1) is 22.1. The van der Waals surface area contributed by atoms with Crippen molar-refractivity contribution in [1.82, 2.24) is 39.7 Å². The van der Waals surface area contributed by atoms with Crippen LogP contribution in [0.5, 0.6) is 6.01 Å². The predicted molar refractivity (Wildman–Crippen MR) is 165 cm³/mol. The topological polar surface area (TPSA) is 149 Å². The van der Waals surface area contributed by atoms with Gasteiger partial charge < -0.3 is 20.1 Å². The summed E-state index contributed by atoms with van der Waals surface area (Å²) in [5.41, 5.74) is 13.8. The number of ether oxygens (including phenoxy) is 2. The van der Waals surface area contributed by atoms with Crippen LogP contribution in [0.3, 0.4) is 0 Å². The molecule has 12 heteroatoms. The van der Waals surface area contributed by atoms with Crippen LogP contribution in [0.25, 0.3) is 28.0 Å². The first-order valence-electron chi connectivity index (χ1n) is 15.6. The number of carbonyl (C=O) groups is 1. The molecule has 5 aromatic rings. The fourth-order valence-electron chi connectivity index (χ4n) is 8.07. The highest BCUT2D eigenvalue weighted by atomic mass is 16.5. The van der Waals surface area contributed by atoms with Crippen molar-refractivity contribution < 1.29 is 14.3 Å². The summed E-state index contributed by atoms with van der Waals surface area (Å²) in [6, 6.07) is 14.7. The van der Waals surface area contributed by atoms with E-state index < -0.39 is 0 Å². The number of H-pyrrole nitrogens is 1. The standard InChI is InChI=1S/C33H33N9O3/c1-44-13-14-45-32-38-29(39-40-32)31(43)41-24-11-12-33(24)22(15-25(33)41)27-26(19-7-8-19)28(34)42-30(37-27)21(17-36-42)20-9-10-23(35-16-20)18-5-3-2-4-6-18/h2-6,9-10,16-17,19,22,24-25H,7-8,11-15,34H2,1H3,(H,38,39,40). The van der Waals surface area contributed by atoms with Crippen molar-refractivity contribution in [1.29, 1.82) is 0 Å². The van der Waals surface area contributed by atoms with Crippen molar-refractivity contribution in [2.24, 2.45) is 5.41 Å². The van der Waals surface area contributed by atoms with Gasteiger partial charge in [0.05, 0.1) is 24.2 Å². The van der Waals surface area contributed by atoms with Crippen LogP contribution in [0.4, 0.5) is 5.82 Å². The number of carbonyl (C=O) groups excluding carboxylic acids is 1. The number of benzene rings is 1. The zero-order valence-electron chi connectivity index (χ0n) is 24.9. The number of nitrogens with two attached hydrogens (primary N) is 1. The molecule has 4 aromatic heterocycles. The number of likely N-dealkylation sites (tertiary alicyclic amines) is 1. The SMILES string of the molecule is COCCOc1n[nH]c(C(=O)N2C3CCC34C(c3nc5c(-c6ccc(-c7ccccc7)nc6)cnn5c(N)c3C3CC3)CC24)n1. The Hall–Kier alpha value is -4.84. The smallest absolute Gasteiger partial charge is 0.336 e. The van der Waals surface area contributed by atoms with E-state index in [0.717, 1.165) is 71.4 Å². The van der Waals surface area contributed by atoms with Gasteiger partial charge in [0.25, 0.3) is 5.91 Å². The third-order valence-corrected chi connectivity index (χ3v) is 10.5. The van der Waals surface area contributed by atoms with Crippen LogP contribution in [0.15, 0.2) is 54.9 Å². The second kappa shape index (κ2) is 9.83. The van der Waals surface area contributed by atoms with Crippen LogP contribution in [0, 0.1) is 5.41 Å². The number of nitrogens with one attached hydrogen (secondary N) is 1. The van der Waals surface area contributed by atoms with E-state index in [4.69, 9.17) is 30.3 Å². The maximum Gasteiger partial charge on any atom is 0.336 e. The van der Waals surface area contributed by atoms with E-state index in [0.29, 0.717) is 24.9 Å². The fraction of sp³-hybridized carbons (Fsp3) is 0.394. The summed E-state index contributed by atoms with van der Waals surface area (Å²) in [7, 11) is 1.60. The molecule has 12 nitrogen and oxygen atoms in total. The molecule has 45 heavy (non-hydrogen) atoms. The number of nitrogens with zero attached hydrogens (tertiary/aromatic N) is 7. The lowest BCUT2D eigenvalue weighted by Crippen LogP contribution is -2.85. The quantitative estimate of drug-likeness (QED) is 0.236. The van der Waals surface area contributed by atoms with Crippen LogP contribution in [0.1, 0.15) is 65.8 Å². The molecule has 1 aromatic carbocycles. The Morgan fingerprint density at radius 2 is 1.91 bits per heavy atom. The summed E-state index contributed by atoms with van der Waals surface area (Å²) in [4.78, 5) is 30.0. The van der Waals surface area contributed by atoms with Crippen LogP contribution < -0.4 is 10.5 Å². The van der Waals surface area contributed by atoms with Crippen molar-refractivity contribution in [3.05, 3.63) is 71.9 Å². The molecule has 1 saturated heterocycles. The van der Waals surface area contributed by atoms with Gasteiger partial charge in [-0.15, -0.1) is 5.10 Å². The number of pyridine rings is 1. The Balaban J connectivity index is 1.02. The zero-order chi connectivity index (χ0) is 30.3.